The molecule has 0 atom stereocenters. The largest absolute Gasteiger partial charge is 0.497 e. The second-order valence-electron chi connectivity index (χ2n) is 9.60. The third kappa shape index (κ3) is 6.06. The number of rotatable bonds is 9. The molecular weight excluding hydrogens is 544 g/mol. The lowest BCUT2D eigenvalue weighted by atomic mass is 10.1. The van der Waals surface area contributed by atoms with E-state index in [1.165, 1.54) is 19.2 Å². The van der Waals surface area contributed by atoms with Crippen LogP contribution in [0.1, 0.15) is 15.9 Å². The van der Waals surface area contributed by atoms with E-state index >= 15 is 0 Å². The molecule has 0 radical (unpaired) electrons. The van der Waals surface area contributed by atoms with E-state index in [-0.39, 0.29) is 22.2 Å². The number of aromatic nitrogens is 1. The van der Waals surface area contributed by atoms with E-state index in [0.29, 0.717) is 43.8 Å². The molecule has 0 bridgehead atoms. The van der Waals surface area contributed by atoms with Crippen molar-refractivity contribution in [3.05, 3.63) is 84.1 Å². The highest BCUT2D eigenvalue weighted by molar-refractivity contribution is 7.93. The summed E-state index contributed by atoms with van der Waals surface area (Å²) in [6.45, 7) is 3.17. The lowest BCUT2D eigenvalue weighted by molar-refractivity contribution is 0.0624. The molecule has 10 nitrogen and oxygen atoms in total. The molecule has 214 valence electrons. The van der Waals surface area contributed by atoms with Crippen LogP contribution < -0.4 is 18.9 Å². The number of ether oxygens (including phenoxy) is 3. The van der Waals surface area contributed by atoms with Gasteiger partial charge in [0.25, 0.3) is 15.9 Å². The van der Waals surface area contributed by atoms with Gasteiger partial charge < -0.3 is 19.1 Å². The van der Waals surface area contributed by atoms with Gasteiger partial charge in [-0.05, 0) is 30.3 Å². The Bertz CT molecular complexity index is 1660. The van der Waals surface area contributed by atoms with Crippen LogP contribution >= 0.6 is 0 Å². The highest BCUT2D eigenvalue weighted by Gasteiger charge is 2.26. The molecule has 0 aliphatic carbocycles. The van der Waals surface area contributed by atoms with E-state index in [1.54, 1.807) is 61.7 Å². The summed E-state index contributed by atoms with van der Waals surface area (Å²) < 4.78 is 45.4. The summed E-state index contributed by atoms with van der Waals surface area (Å²) in [6, 6.07) is 19.0. The van der Waals surface area contributed by atoms with Crippen LogP contribution in [-0.4, -0.2) is 76.6 Å². The lowest BCUT2D eigenvalue weighted by Crippen LogP contribution is -2.48. The van der Waals surface area contributed by atoms with Gasteiger partial charge in [-0.25, -0.2) is 8.42 Å². The molecule has 1 amide bonds. The minimum Gasteiger partial charge on any atom is -0.497 e. The number of carbonyl (C=O) groups excluding carboxylic acids is 1. The van der Waals surface area contributed by atoms with Crippen LogP contribution in [0.15, 0.2) is 77.8 Å². The summed E-state index contributed by atoms with van der Waals surface area (Å²) in [6.07, 6.45) is 1.56. The molecule has 1 saturated heterocycles. The van der Waals surface area contributed by atoms with E-state index in [0.717, 1.165) is 22.4 Å². The van der Waals surface area contributed by atoms with Gasteiger partial charge in [-0.1, -0.05) is 24.3 Å². The van der Waals surface area contributed by atoms with E-state index in [4.69, 9.17) is 14.2 Å². The van der Waals surface area contributed by atoms with Crippen molar-refractivity contribution in [1.29, 1.82) is 0 Å². The van der Waals surface area contributed by atoms with Gasteiger partial charge >= 0.3 is 0 Å². The van der Waals surface area contributed by atoms with E-state index in [2.05, 4.69) is 14.6 Å². The second kappa shape index (κ2) is 12.0. The molecule has 0 spiro atoms. The molecule has 1 N–H and O–H groups in total. The Morgan fingerprint density at radius 3 is 2.37 bits per heavy atom. The maximum Gasteiger partial charge on any atom is 0.264 e. The normalized spacial score (nSPS) is 14.1. The van der Waals surface area contributed by atoms with Gasteiger partial charge in [0.2, 0.25) is 0 Å². The molecule has 0 unspecified atom stereocenters. The first-order valence-electron chi connectivity index (χ1n) is 13.1. The standard InChI is InChI=1S/C30H32N4O6S/c1-38-24-11-9-22(26(19-24)39-2)20-33-14-16-34(17-15-33)30(35)25-12-10-23(18-27(25)40-3)32-41(36,37)28-8-4-6-21-7-5-13-31-29(21)28/h4-13,18-19,32H,14-17,20H2,1-3H3. The summed E-state index contributed by atoms with van der Waals surface area (Å²) in [7, 11) is 0.772. The Morgan fingerprint density at radius 2 is 1.63 bits per heavy atom. The fourth-order valence-corrected chi connectivity index (χ4v) is 6.17. The number of sulfonamides is 1. The third-order valence-corrected chi connectivity index (χ3v) is 8.53. The number of carbonyl (C=O) groups is 1. The fraction of sp³-hybridized carbons (Fsp3) is 0.267. The maximum absolute atomic E-state index is 13.4. The van der Waals surface area contributed by atoms with Crippen molar-refractivity contribution in [3.8, 4) is 17.2 Å². The molecule has 0 saturated carbocycles. The molecule has 1 aliphatic rings. The average molecular weight is 577 g/mol. The van der Waals surface area contributed by atoms with Gasteiger partial charge in [-0.15, -0.1) is 0 Å². The van der Waals surface area contributed by atoms with Crippen LogP contribution in [-0.2, 0) is 16.6 Å². The number of benzene rings is 3. The van der Waals surface area contributed by atoms with Crippen molar-refractivity contribution in [2.45, 2.75) is 11.4 Å². The number of nitrogens with one attached hydrogen (secondary N) is 1. The van der Waals surface area contributed by atoms with Crippen LogP contribution in [0.5, 0.6) is 17.2 Å². The number of fused-ring (bicyclic) bond motifs is 1. The first-order valence-corrected chi connectivity index (χ1v) is 14.6. The Morgan fingerprint density at radius 1 is 0.878 bits per heavy atom. The van der Waals surface area contributed by atoms with Crippen LogP contribution in [0.25, 0.3) is 10.9 Å². The van der Waals surface area contributed by atoms with E-state index in [1.807, 2.05) is 18.2 Å². The molecule has 4 aromatic rings. The summed E-state index contributed by atoms with van der Waals surface area (Å²) in [5, 5.41) is 0.720. The lowest BCUT2D eigenvalue weighted by Gasteiger charge is -2.35. The molecule has 2 heterocycles. The Hall–Kier alpha value is -4.35. The predicted octanol–water partition coefficient (Wildman–Crippen LogP) is 4.02. The minimum atomic E-state index is -3.94. The number of para-hydroxylation sites is 1. The number of pyridine rings is 1. The molecule has 5 rings (SSSR count). The predicted molar refractivity (Wildman–Crippen MR) is 156 cm³/mol. The van der Waals surface area contributed by atoms with Crippen molar-refractivity contribution in [2.75, 3.05) is 52.2 Å². The molecular formula is C30H32N4O6S. The zero-order chi connectivity index (χ0) is 29.0. The smallest absolute Gasteiger partial charge is 0.264 e. The molecule has 1 fully saturated rings. The zero-order valence-electron chi connectivity index (χ0n) is 23.2. The van der Waals surface area contributed by atoms with Gasteiger partial charge in [-0.2, -0.15) is 0 Å². The summed E-state index contributed by atoms with van der Waals surface area (Å²) in [4.78, 5) is 21.8. The number of piperazine rings is 1. The second-order valence-corrected chi connectivity index (χ2v) is 11.2. The fourth-order valence-electron chi connectivity index (χ4n) is 4.94. The first-order chi connectivity index (χ1) is 19.8. The first kappa shape index (κ1) is 28.2. The van der Waals surface area contributed by atoms with Crippen LogP contribution in [0, 0.1) is 0 Å². The van der Waals surface area contributed by atoms with Crippen LogP contribution in [0.2, 0.25) is 0 Å². The van der Waals surface area contributed by atoms with Gasteiger partial charge in [-0.3, -0.25) is 19.4 Å². The highest BCUT2D eigenvalue weighted by atomic mass is 32.2. The summed E-state index contributed by atoms with van der Waals surface area (Å²) >= 11 is 0. The maximum atomic E-state index is 13.4. The molecule has 1 aliphatic heterocycles. The molecule has 3 aromatic carbocycles. The molecule has 1 aromatic heterocycles. The molecule has 41 heavy (non-hydrogen) atoms. The van der Waals surface area contributed by atoms with Crippen molar-refractivity contribution >= 4 is 32.5 Å². The van der Waals surface area contributed by atoms with Crippen LogP contribution in [0.3, 0.4) is 0 Å². The number of nitrogens with zero attached hydrogens (tertiary/aromatic N) is 3. The van der Waals surface area contributed by atoms with Gasteiger partial charge in [0.05, 0.1) is 38.1 Å². The Labute approximate surface area is 239 Å². The SMILES string of the molecule is COc1ccc(CN2CCN(C(=O)c3ccc(NS(=O)(=O)c4cccc5cccnc45)cc3OC)CC2)c(OC)c1. The van der Waals surface area contributed by atoms with Crippen molar-refractivity contribution in [1.82, 2.24) is 14.8 Å². The minimum absolute atomic E-state index is 0.0693. The zero-order valence-corrected chi connectivity index (χ0v) is 24.0. The van der Waals surface area contributed by atoms with E-state index < -0.39 is 10.0 Å². The van der Waals surface area contributed by atoms with Crippen molar-refractivity contribution < 1.29 is 27.4 Å². The van der Waals surface area contributed by atoms with E-state index in [9.17, 15) is 13.2 Å². The number of hydrogen-bond donors (Lipinski definition) is 1. The third-order valence-electron chi connectivity index (χ3n) is 7.12. The topological polar surface area (TPSA) is 110 Å². The van der Waals surface area contributed by atoms with Crippen molar-refractivity contribution in [2.24, 2.45) is 0 Å². The van der Waals surface area contributed by atoms with Crippen LogP contribution in [0.4, 0.5) is 5.69 Å². The van der Waals surface area contributed by atoms with Crippen molar-refractivity contribution in [3.63, 3.8) is 0 Å². The highest BCUT2D eigenvalue weighted by Crippen LogP contribution is 2.29. The number of hydrogen-bond acceptors (Lipinski definition) is 8. The van der Waals surface area contributed by atoms with Gasteiger partial charge in [0.1, 0.15) is 22.1 Å². The van der Waals surface area contributed by atoms with Gasteiger partial charge in [0, 0.05) is 62.0 Å². The van der Waals surface area contributed by atoms with Gasteiger partial charge in [0.15, 0.2) is 0 Å². The Balaban J connectivity index is 1.26. The number of amides is 1. The Kier molecular flexibility index (Phi) is 8.27. The number of methoxy groups -OCH3 is 3. The molecule has 11 heteroatoms. The summed E-state index contributed by atoms with van der Waals surface area (Å²) in [5.41, 5.74) is 2.08. The average Bonchev–Trinajstić information content (AvgIpc) is 3.00. The quantitative estimate of drug-likeness (QED) is 0.318. The number of anilines is 1. The summed E-state index contributed by atoms with van der Waals surface area (Å²) in [5.74, 6) is 1.62. The monoisotopic (exact) mass is 576 g/mol.